The number of phenolic OH excluding ortho intramolecular Hbond substituents is 1. The summed E-state index contributed by atoms with van der Waals surface area (Å²) in [5.74, 6) is -2.65. The molecule has 1 aromatic rings. The van der Waals surface area contributed by atoms with Crippen LogP contribution in [0, 0.1) is 5.92 Å². The second-order valence-electron chi connectivity index (χ2n) is 8.59. The summed E-state index contributed by atoms with van der Waals surface area (Å²) in [6.45, 7) is 2.95. The molecule has 0 saturated heterocycles. The summed E-state index contributed by atoms with van der Waals surface area (Å²) in [4.78, 5) is 49.5. The predicted octanol–water partition coefficient (Wildman–Crippen LogP) is -0.407. The zero-order valence-electron chi connectivity index (χ0n) is 20.2. The molecule has 0 heterocycles. The van der Waals surface area contributed by atoms with Gasteiger partial charge in [-0.2, -0.15) is 11.8 Å². The Morgan fingerprint density at radius 3 is 2.00 bits per heavy atom. The molecule has 11 nitrogen and oxygen atoms in total. The number of benzene rings is 1. The van der Waals surface area contributed by atoms with Gasteiger partial charge in [0.15, 0.2) is 0 Å². The number of carboxylic acids is 1. The van der Waals surface area contributed by atoms with E-state index in [-0.39, 0.29) is 30.9 Å². The lowest BCUT2D eigenvalue weighted by atomic mass is 10.0. The molecule has 0 radical (unpaired) electrons. The van der Waals surface area contributed by atoms with Crippen LogP contribution in [-0.4, -0.2) is 81.8 Å². The molecule has 4 unspecified atom stereocenters. The fourth-order valence-electron chi connectivity index (χ4n) is 3.19. The highest BCUT2D eigenvalue weighted by molar-refractivity contribution is 7.98. The molecule has 1 rings (SSSR count). The van der Waals surface area contributed by atoms with Gasteiger partial charge in [0.1, 0.15) is 23.9 Å². The van der Waals surface area contributed by atoms with Gasteiger partial charge in [-0.1, -0.05) is 26.0 Å². The number of aliphatic hydroxyl groups is 1. The van der Waals surface area contributed by atoms with Gasteiger partial charge in [0.25, 0.3) is 0 Å². The summed E-state index contributed by atoms with van der Waals surface area (Å²) in [6, 6.07) is 1.80. The molecule has 0 aliphatic carbocycles. The van der Waals surface area contributed by atoms with Crippen LogP contribution in [0.25, 0.3) is 0 Å². The van der Waals surface area contributed by atoms with Crippen LogP contribution in [0.3, 0.4) is 0 Å². The van der Waals surface area contributed by atoms with Crippen LogP contribution in [0.15, 0.2) is 24.3 Å². The van der Waals surface area contributed by atoms with E-state index in [2.05, 4.69) is 16.0 Å². The molecule has 0 fully saturated rings. The SMILES string of the molecule is CSCCC(NC(=O)C(CC(C)C)NC(=O)C(N)Cc1ccc(O)cc1)C(=O)NC(CO)C(=O)O. The average Bonchev–Trinajstić information content (AvgIpc) is 2.80. The van der Waals surface area contributed by atoms with E-state index >= 15 is 0 Å². The van der Waals surface area contributed by atoms with E-state index < -0.39 is 54.5 Å². The van der Waals surface area contributed by atoms with E-state index in [1.165, 1.54) is 23.9 Å². The van der Waals surface area contributed by atoms with Crippen molar-refractivity contribution in [2.45, 2.75) is 57.3 Å². The van der Waals surface area contributed by atoms with Gasteiger partial charge in [-0.05, 0) is 54.9 Å². The number of phenols is 1. The number of nitrogens with one attached hydrogen (secondary N) is 3. The van der Waals surface area contributed by atoms with Crippen LogP contribution in [-0.2, 0) is 25.6 Å². The quantitative estimate of drug-likeness (QED) is 0.164. The number of carboxylic acid groups (broad SMARTS) is 1. The third kappa shape index (κ3) is 11.0. The van der Waals surface area contributed by atoms with Crippen LogP contribution in [0.2, 0.25) is 0 Å². The monoisotopic (exact) mass is 512 g/mol. The standard InChI is InChI=1S/C23H36N4O7S/c1-13(2)10-18(26-20(30)16(24)11-14-4-6-15(29)7-5-14)22(32)25-17(8-9-35-3)21(31)27-19(12-28)23(33)34/h4-7,13,16-19,28-29H,8-12,24H2,1-3H3,(H,25,32)(H,26,30)(H,27,31)(H,33,34). The molecule has 0 bridgehead atoms. The summed E-state index contributed by atoms with van der Waals surface area (Å²) in [7, 11) is 0. The summed E-state index contributed by atoms with van der Waals surface area (Å²) >= 11 is 1.44. The van der Waals surface area contributed by atoms with E-state index in [1.54, 1.807) is 12.1 Å². The molecular weight excluding hydrogens is 476 g/mol. The van der Waals surface area contributed by atoms with Crippen molar-refractivity contribution in [1.82, 2.24) is 16.0 Å². The Morgan fingerprint density at radius 2 is 1.49 bits per heavy atom. The third-order valence-electron chi connectivity index (χ3n) is 5.11. The normalized spacial score (nSPS) is 14.5. The van der Waals surface area contributed by atoms with Gasteiger partial charge in [0.2, 0.25) is 17.7 Å². The van der Waals surface area contributed by atoms with Gasteiger partial charge in [0, 0.05) is 0 Å². The lowest BCUT2D eigenvalue weighted by Crippen LogP contribution is -2.58. The van der Waals surface area contributed by atoms with Crippen molar-refractivity contribution in [2.75, 3.05) is 18.6 Å². The summed E-state index contributed by atoms with van der Waals surface area (Å²) in [6.07, 6.45) is 2.52. The molecule has 0 saturated carbocycles. The van der Waals surface area contributed by atoms with E-state index in [4.69, 9.17) is 10.8 Å². The van der Waals surface area contributed by atoms with Crippen LogP contribution < -0.4 is 21.7 Å². The predicted molar refractivity (Wildman–Crippen MR) is 133 cm³/mol. The number of hydrogen-bond acceptors (Lipinski definition) is 8. The van der Waals surface area contributed by atoms with E-state index in [0.717, 1.165) is 5.56 Å². The molecule has 3 amide bonds. The molecule has 35 heavy (non-hydrogen) atoms. The van der Waals surface area contributed by atoms with Gasteiger partial charge in [0.05, 0.1) is 12.6 Å². The number of rotatable bonds is 15. The summed E-state index contributed by atoms with van der Waals surface area (Å²) in [5, 5.41) is 35.1. The van der Waals surface area contributed by atoms with Crippen molar-refractivity contribution in [2.24, 2.45) is 11.7 Å². The first-order chi connectivity index (χ1) is 16.5. The minimum absolute atomic E-state index is 0.0311. The van der Waals surface area contributed by atoms with Crippen molar-refractivity contribution < 1.29 is 34.5 Å². The minimum atomic E-state index is -1.50. The van der Waals surface area contributed by atoms with Gasteiger partial charge in [-0.25, -0.2) is 4.79 Å². The fourth-order valence-corrected chi connectivity index (χ4v) is 3.67. The van der Waals surface area contributed by atoms with Crippen molar-refractivity contribution in [1.29, 1.82) is 0 Å². The first kappa shape index (κ1) is 30.2. The van der Waals surface area contributed by atoms with Crippen LogP contribution in [0.5, 0.6) is 5.75 Å². The van der Waals surface area contributed by atoms with Gasteiger partial charge < -0.3 is 37.0 Å². The summed E-state index contributed by atoms with van der Waals surface area (Å²) < 4.78 is 0. The minimum Gasteiger partial charge on any atom is -0.508 e. The highest BCUT2D eigenvalue weighted by atomic mass is 32.2. The zero-order valence-corrected chi connectivity index (χ0v) is 21.0. The van der Waals surface area contributed by atoms with E-state index in [9.17, 15) is 29.4 Å². The molecular formula is C23H36N4O7S. The largest absolute Gasteiger partial charge is 0.508 e. The Kier molecular flexibility index (Phi) is 13.1. The van der Waals surface area contributed by atoms with Gasteiger partial charge >= 0.3 is 5.97 Å². The van der Waals surface area contributed by atoms with Crippen LogP contribution in [0.4, 0.5) is 0 Å². The molecule has 0 aliphatic heterocycles. The molecule has 0 aliphatic rings. The number of carbonyl (C=O) groups excluding carboxylic acids is 3. The van der Waals surface area contributed by atoms with Crippen LogP contribution >= 0.6 is 11.8 Å². The number of thioether (sulfide) groups is 1. The second-order valence-corrected chi connectivity index (χ2v) is 9.58. The molecule has 12 heteroatoms. The number of aliphatic carboxylic acids is 1. The molecule has 8 N–H and O–H groups in total. The summed E-state index contributed by atoms with van der Waals surface area (Å²) in [5.41, 5.74) is 6.76. The highest BCUT2D eigenvalue weighted by Gasteiger charge is 2.30. The van der Waals surface area contributed by atoms with Crippen molar-refractivity contribution >= 4 is 35.5 Å². The maximum atomic E-state index is 13.1. The maximum Gasteiger partial charge on any atom is 0.328 e. The van der Waals surface area contributed by atoms with Gasteiger partial charge in [-0.15, -0.1) is 0 Å². The fraction of sp³-hybridized carbons (Fsp3) is 0.565. The smallest absolute Gasteiger partial charge is 0.328 e. The highest BCUT2D eigenvalue weighted by Crippen LogP contribution is 2.12. The van der Waals surface area contributed by atoms with Crippen LogP contribution in [0.1, 0.15) is 32.3 Å². The number of amides is 3. The number of aliphatic hydroxyl groups excluding tert-OH is 1. The Balaban J connectivity index is 2.91. The Bertz CT molecular complexity index is 851. The Morgan fingerprint density at radius 1 is 0.943 bits per heavy atom. The maximum absolute atomic E-state index is 13.1. The van der Waals surface area contributed by atoms with Crippen molar-refractivity contribution in [3.05, 3.63) is 29.8 Å². The number of aromatic hydroxyl groups is 1. The molecule has 1 aromatic carbocycles. The molecule has 4 atom stereocenters. The first-order valence-electron chi connectivity index (χ1n) is 11.3. The zero-order chi connectivity index (χ0) is 26.5. The average molecular weight is 513 g/mol. The number of nitrogens with two attached hydrogens (primary N) is 1. The van der Waals surface area contributed by atoms with Crippen molar-refractivity contribution in [3.63, 3.8) is 0 Å². The number of carbonyl (C=O) groups is 4. The van der Waals surface area contributed by atoms with Crippen molar-refractivity contribution in [3.8, 4) is 5.75 Å². The first-order valence-corrected chi connectivity index (χ1v) is 12.6. The Hall–Kier alpha value is -2.83. The van der Waals surface area contributed by atoms with E-state index in [0.29, 0.717) is 5.75 Å². The second kappa shape index (κ2) is 15.2. The van der Waals surface area contributed by atoms with E-state index in [1.807, 2.05) is 20.1 Å². The lowest BCUT2D eigenvalue weighted by Gasteiger charge is -2.26. The van der Waals surface area contributed by atoms with Gasteiger partial charge in [-0.3, -0.25) is 14.4 Å². The molecule has 0 aromatic heterocycles. The number of hydrogen-bond donors (Lipinski definition) is 7. The third-order valence-corrected chi connectivity index (χ3v) is 5.75. The topological polar surface area (TPSA) is 191 Å². The Labute approximate surface area is 209 Å². The lowest BCUT2D eigenvalue weighted by molar-refractivity contribution is -0.143. The molecule has 0 spiro atoms. The molecule has 196 valence electrons.